The molecule has 1 aromatic rings. The van der Waals surface area contributed by atoms with Crippen molar-refractivity contribution in [2.24, 2.45) is 0 Å². The predicted molar refractivity (Wildman–Crippen MR) is 41.1 cm³/mol. The summed E-state index contributed by atoms with van der Waals surface area (Å²) in [6.07, 6.45) is 0. The summed E-state index contributed by atoms with van der Waals surface area (Å²) < 4.78 is 0. The van der Waals surface area contributed by atoms with E-state index in [9.17, 15) is 0 Å². The molecule has 9 heavy (non-hydrogen) atoms. The van der Waals surface area contributed by atoms with E-state index >= 15 is 0 Å². The Balaban J connectivity index is 0.000000810. The maximum absolute atomic E-state index is 5.54. The van der Waals surface area contributed by atoms with Crippen molar-refractivity contribution in [1.29, 1.82) is 0 Å². The van der Waals surface area contributed by atoms with Gasteiger partial charge in [0.2, 0.25) is 0 Å². The van der Waals surface area contributed by atoms with Crippen molar-refractivity contribution in [2.45, 2.75) is 6.92 Å². The third-order valence-corrected chi connectivity index (χ3v) is 1.30. The van der Waals surface area contributed by atoms with E-state index < -0.39 is 0 Å². The molecule has 0 unspecified atom stereocenters. The SMILES string of the molecule is Cc1ccc(N)cc1N.[H+]. The highest BCUT2D eigenvalue weighted by Gasteiger charge is 1.90. The highest BCUT2D eigenvalue weighted by atomic mass is 14.6. The van der Waals surface area contributed by atoms with Gasteiger partial charge in [-0.2, -0.15) is 0 Å². The van der Waals surface area contributed by atoms with Gasteiger partial charge in [-0.05, 0) is 24.6 Å². The van der Waals surface area contributed by atoms with Gasteiger partial charge < -0.3 is 11.5 Å². The van der Waals surface area contributed by atoms with Gasteiger partial charge in [0.1, 0.15) is 0 Å². The number of nitrogen functional groups attached to an aromatic ring is 2. The molecule has 1 aromatic carbocycles. The van der Waals surface area contributed by atoms with Gasteiger partial charge in [0.25, 0.3) is 0 Å². The molecule has 2 heteroatoms. The Morgan fingerprint density at radius 3 is 2.44 bits per heavy atom. The van der Waals surface area contributed by atoms with Crippen LogP contribution in [0.3, 0.4) is 0 Å². The molecule has 0 saturated heterocycles. The van der Waals surface area contributed by atoms with Crippen molar-refractivity contribution >= 4 is 11.4 Å². The molecule has 0 spiro atoms. The number of aryl methyl sites for hydroxylation is 1. The summed E-state index contributed by atoms with van der Waals surface area (Å²) in [6.45, 7) is 1.95. The number of rotatable bonds is 0. The van der Waals surface area contributed by atoms with Crippen LogP contribution in [-0.4, -0.2) is 0 Å². The van der Waals surface area contributed by atoms with E-state index in [1.165, 1.54) is 0 Å². The number of nitrogens with two attached hydrogens (primary N) is 2. The molecule has 0 fully saturated rings. The van der Waals surface area contributed by atoms with Crippen LogP contribution in [-0.2, 0) is 0 Å². The molecule has 4 N–H and O–H groups in total. The third kappa shape index (κ3) is 1.13. The molecule has 0 amide bonds. The molecule has 0 aromatic heterocycles. The second-order valence-electron chi connectivity index (χ2n) is 2.12. The van der Waals surface area contributed by atoms with E-state index in [1.807, 2.05) is 19.1 Å². The van der Waals surface area contributed by atoms with Crippen LogP contribution in [0.1, 0.15) is 6.99 Å². The number of benzene rings is 1. The first kappa shape index (κ1) is 5.95. The maximum atomic E-state index is 5.54. The first-order valence-corrected chi connectivity index (χ1v) is 2.82. The Morgan fingerprint density at radius 1 is 1.33 bits per heavy atom. The Hall–Kier alpha value is -1.18. The zero-order valence-corrected chi connectivity index (χ0v) is 5.39. The van der Waals surface area contributed by atoms with Crippen LogP contribution in [0.4, 0.5) is 11.4 Å². The molecule has 0 saturated carbocycles. The lowest BCUT2D eigenvalue weighted by Gasteiger charge is -1.98. The first-order valence-electron chi connectivity index (χ1n) is 2.82. The fourth-order valence-corrected chi connectivity index (χ4v) is 0.659. The Bertz CT molecular complexity index is 223. The van der Waals surface area contributed by atoms with Crippen LogP contribution in [0.5, 0.6) is 0 Å². The van der Waals surface area contributed by atoms with Crippen LogP contribution in [0, 0.1) is 6.92 Å². The summed E-state index contributed by atoms with van der Waals surface area (Å²) in [4.78, 5) is 0. The van der Waals surface area contributed by atoms with Crippen molar-refractivity contribution in [2.75, 3.05) is 11.5 Å². The van der Waals surface area contributed by atoms with Gasteiger partial charge in [-0.15, -0.1) is 0 Å². The molecule has 0 radical (unpaired) electrons. The molecule has 0 atom stereocenters. The van der Waals surface area contributed by atoms with Crippen LogP contribution < -0.4 is 11.5 Å². The Kier molecular flexibility index (Phi) is 1.30. The standard InChI is InChI=1S/C7H10N2/c1-5-2-3-6(8)4-7(5)9/h2-4H,8-9H2,1H3/p+1. The molecular weight excluding hydrogens is 112 g/mol. The monoisotopic (exact) mass is 123 g/mol. The van der Waals surface area contributed by atoms with E-state index in [1.54, 1.807) is 6.07 Å². The summed E-state index contributed by atoms with van der Waals surface area (Å²) in [6, 6.07) is 5.51. The van der Waals surface area contributed by atoms with E-state index in [0.717, 1.165) is 16.9 Å². The zero-order chi connectivity index (χ0) is 6.85. The van der Waals surface area contributed by atoms with Crippen LogP contribution >= 0.6 is 0 Å². The van der Waals surface area contributed by atoms with E-state index in [-0.39, 0.29) is 1.43 Å². The van der Waals surface area contributed by atoms with E-state index in [2.05, 4.69) is 0 Å². The van der Waals surface area contributed by atoms with Gasteiger partial charge in [0.15, 0.2) is 0 Å². The maximum Gasteiger partial charge on any atom is 1.00 e. The Labute approximate surface area is 56.0 Å². The molecule has 0 aliphatic carbocycles. The lowest BCUT2D eigenvalue weighted by atomic mass is 10.2. The van der Waals surface area contributed by atoms with Crippen molar-refractivity contribution in [3.63, 3.8) is 0 Å². The molecule has 0 aliphatic rings. The normalized spacial score (nSPS) is 9.44. The van der Waals surface area contributed by atoms with Crippen molar-refractivity contribution < 1.29 is 1.43 Å². The highest BCUT2D eigenvalue weighted by Crippen LogP contribution is 2.13. The second-order valence-corrected chi connectivity index (χ2v) is 2.12. The minimum absolute atomic E-state index is 0. The Morgan fingerprint density at radius 2 is 2.00 bits per heavy atom. The number of hydrogen-bond donors (Lipinski definition) is 2. The minimum Gasteiger partial charge on any atom is -0.399 e. The molecule has 48 valence electrons. The lowest BCUT2D eigenvalue weighted by Crippen LogP contribution is -1.91. The molecule has 0 bridgehead atoms. The fraction of sp³-hybridized carbons (Fsp3) is 0.143. The van der Waals surface area contributed by atoms with E-state index in [0.29, 0.717) is 0 Å². The largest absolute Gasteiger partial charge is 1.00 e. The molecular formula is C7H11N2+. The van der Waals surface area contributed by atoms with Crippen LogP contribution in [0.25, 0.3) is 0 Å². The average Bonchev–Trinajstić information content (AvgIpc) is 1.80. The summed E-state index contributed by atoms with van der Waals surface area (Å²) in [5.74, 6) is 0. The fourth-order valence-electron chi connectivity index (χ4n) is 0.659. The molecule has 2 nitrogen and oxygen atoms in total. The van der Waals surface area contributed by atoms with Gasteiger partial charge >= 0.3 is 1.43 Å². The lowest BCUT2D eigenvalue weighted by molar-refractivity contribution is 1.47. The van der Waals surface area contributed by atoms with Gasteiger partial charge in [-0.1, -0.05) is 6.07 Å². The highest BCUT2D eigenvalue weighted by molar-refractivity contribution is 5.55. The first-order chi connectivity index (χ1) is 4.20. The summed E-state index contributed by atoms with van der Waals surface area (Å²) in [5.41, 5.74) is 13.5. The molecule has 0 heterocycles. The topological polar surface area (TPSA) is 52.0 Å². The quantitative estimate of drug-likeness (QED) is 0.510. The smallest absolute Gasteiger partial charge is 0.399 e. The van der Waals surface area contributed by atoms with Gasteiger partial charge in [-0.3, -0.25) is 0 Å². The zero-order valence-electron chi connectivity index (χ0n) is 6.39. The predicted octanol–water partition coefficient (Wildman–Crippen LogP) is 1.27. The van der Waals surface area contributed by atoms with Crippen molar-refractivity contribution in [3.8, 4) is 0 Å². The second kappa shape index (κ2) is 1.97. The van der Waals surface area contributed by atoms with Gasteiger partial charge in [0.05, 0.1) is 0 Å². The van der Waals surface area contributed by atoms with Crippen LogP contribution in [0.15, 0.2) is 18.2 Å². The third-order valence-electron chi connectivity index (χ3n) is 1.30. The average molecular weight is 123 g/mol. The molecule has 1 rings (SSSR count). The summed E-state index contributed by atoms with van der Waals surface area (Å²) >= 11 is 0. The number of anilines is 2. The number of hydrogen-bond acceptors (Lipinski definition) is 2. The van der Waals surface area contributed by atoms with Crippen molar-refractivity contribution in [3.05, 3.63) is 23.8 Å². The van der Waals surface area contributed by atoms with E-state index in [4.69, 9.17) is 11.5 Å². The van der Waals surface area contributed by atoms with Gasteiger partial charge in [-0.25, -0.2) is 0 Å². The summed E-state index contributed by atoms with van der Waals surface area (Å²) in [7, 11) is 0. The van der Waals surface area contributed by atoms with Crippen molar-refractivity contribution in [1.82, 2.24) is 0 Å². The van der Waals surface area contributed by atoms with Crippen LogP contribution in [0.2, 0.25) is 0 Å². The minimum atomic E-state index is 0. The molecule has 0 aliphatic heterocycles. The van der Waals surface area contributed by atoms with Gasteiger partial charge in [0, 0.05) is 11.4 Å². The summed E-state index contributed by atoms with van der Waals surface area (Å²) in [5, 5.41) is 0.